The van der Waals surface area contributed by atoms with Crippen LogP contribution in [0.3, 0.4) is 0 Å². The van der Waals surface area contributed by atoms with E-state index < -0.39 is 0 Å². The summed E-state index contributed by atoms with van der Waals surface area (Å²) in [5, 5.41) is 3.12. The number of nitrogens with one attached hydrogen (secondary N) is 1. The highest BCUT2D eigenvalue weighted by atomic mass is 16.4. The second-order valence-electron chi connectivity index (χ2n) is 7.26. The zero-order chi connectivity index (χ0) is 18.5. The lowest BCUT2D eigenvalue weighted by atomic mass is 9.64. The van der Waals surface area contributed by atoms with E-state index in [0.29, 0.717) is 25.3 Å². The summed E-state index contributed by atoms with van der Waals surface area (Å²) in [7, 11) is 0. The van der Waals surface area contributed by atoms with Gasteiger partial charge in [0.15, 0.2) is 11.7 Å². The van der Waals surface area contributed by atoms with Gasteiger partial charge in [-0.2, -0.15) is 0 Å². The molecule has 0 atom stereocenters. The fraction of sp³-hybridized carbons (Fsp3) is 0.304. The summed E-state index contributed by atoms with van der Waals surface area (Å²) in [4.78, 5) is 16.6. The second kappa shape index (κ2) is 7.78. The van der Waals surface area contributed by atoms with Gasteiger partial charge in [-0.05, 0) is 18.4 Å². The monoisotopic (exact) mass is 360 g/mol. The number of carbonyl (C=O) groups is 1. The van der Waals surface area contributed by atoms with Crippen molar-refractivity contribution in [2.75, 3.05) is 6.54 Å². The molecule has 1 fully saturated rings. The molecule has 4 heteroatoms. The Morgan fingerprint density at radius 1 is 1.04 bits per heavy atom. The smallest absolute Gasteiger partial charge is 0.220 e. The van der Waals surface area contributed by atoms with Crippen molar-refractivity contribution in [1.82, 2.24) is 10.3 Å². The lowest BCUT2D eigenvalue weighted by Crippen LogP contribution is -2.45. The molecule has 1 heterocycles. The lowest BCUT2D eigenvalue weighted by molar-refractivity contribution is -0.121. The molecule has 1 aliphatic rings. The van der Waals surface area contributed by atoms with Gasteiger partial charge in [0.1, 0.15) is 0 Å². The van der Waals surface area contributed by atoms with E-state index in [-0.39, 0.29) is 11.3 Å². The van der Waals surface area contributed by atoms with E-state index in [9.17, 15) is 4.79 Å². The maximum absolute atomic E-state index is 12.3. The first kappa shape index (κ1) is 17.5. The van der Waals surface area contributed by atoms with E-state index in [0.717, 1.165) is 24.2 Å². The Labute approximate surface area is 159 Å². The highest BCUT2D eigenvalue weighted by molar-refractivity contribution is 5.76. The molecule has 0 bridgehead atoms. The molecular formula is C23H24N2O2. The summed E-state index contributed by atoms with van der Waals surface area (Å²) >= 11 is 0. The maximum atomic E-state index is 12.3. The predicted octanol–water partition coefficient (Wildman–Crippen LogP) is 4.51. The van der Waals surface area contributed by atoms with Crippen LogP contribution in [0.5, 0.6) is 0 Å². The van der Waals surface area contributed by atoms with Gasteiger partial charge in [-0.25, -0.2) is 4.98 Å². The first-order chi connectivity index (χ1) is 13.3. The van der Waals surface area contributed by atoms with Crippen LogP contribution < -0.4 is 5.32 Å². The van der Waals surface area contributed by atoms with E-state index in [4.69, 9.17) is 4.42 Å². The average molecular weight is 360 g/mol. The van der Waals surface area contributed by atoms with Crippen LogP contribution in [0.2, 0.25) is 0 Å². The van der Waals surface area contributed by atoms with Gasteiger partial charge in [0.05, 0.1) is 6.20 Å². The molecule has 4 nitrogen and oxygen atoms in total. The van der Waals surface area contributed by atoms with Crippen LogP contribution >= 0.6 is 0 Å². The summed E-state index contributed by atoms with van der Waals surface area (Å²) in [5.41, 5.74) is 2.44. The summed E-state index contributed by atoms with van der Waals surface area (Å²) < 4.78 is 5.78. The lowest BCUT2D eigenvalue weighted by Gasteiger charge is -2.42. The van der Waals surface area contributed by atoms with Gasteiger partial charge in [-0.1, -0.05) is 67.1 Å². The second-order valence-corrected chi connectivity index (χ2v) is 7.26. The molecule has 1 saturated carbocycles. The van der Waals surface area contributed by atoms with Crippen LogP contribution in [0.4, 0.5) is 0 Å². The van der Waals surface area contributed by atoms with E-state index in [2.05, 4.69) is 34.6 Å². The number of aryl methyl sites for hydroxylation is 1. The molecule has 4 rings (SSSR count). The van der Waals surface area contributed by atoms with Gasteiger partial charge in [0.25, 0.3) is 0 Å². The number of oxazole rings is 1. The fourth-order valence-electron chi connectivity index (χ4n) is 3.70. The molecule has 1 aliphatic carbocycles. The number of aromatic nitrogens is 1. The van der Waals surface area contributed by atoms with Crippen molar-refractivity contribution >= 4 is 5.91 Å². The van der Waals surface area contributed by atoms with Gasteiger partial charge < -0.3 is 9.73 Å². The Morgan fingerprint density at radius 3 is 2.41 bits per heavy atom. The number of carbonyl (C=O) groups excluding carboxylic acids is 1. The van der Waals surface area contributed by atoms with Crippen LogP contribution in [0, 0.1) is 0 Å². The third-order valence-corrected chi connectivity index (χ3v) is 5.50. The zero-order valence-corrected chi connectivity index (χ0v) is 15.4. The maximum Gasteiger partial charge on any atom is 0.220 e. The fourth-order valence-corrected chi connectivity index (χ4v) is 3.70. The molecule has 0 spiro atoms. The Kier molecular flexibility index (Phi) is 5.05. The first-order valence-electron chi connectivity index (χ1n) is 9.58. The molecule has 1 N–H and O–H groups in total. The molecular weight excluding hydrogens is 336 g/mol. The first-order valence-corrected chi connectivity index (χ1v) is 9.58. The van der Waals surface area contributed by atoms with Gasteiger partial charge in [-0.15, -0.1) is 0 Å². The molecule has 1 aromatic heterocycles. The van der Waals surface area contributed by atoms with E-state index in [1.54, 1.807) is 6.20 Å². The molecule has 0 aliphatic heterocycles. The van der Waals surface area contributed by atoms with Crippen molar-refractivity contribution in [2.24, 2.45) is 0 Å². The Balaban J connectivity index is 1.30. The average Bonchev–Trinajstić information content (AvgIpc) is 3.16. The van der Waals surface area contributed by atoms with E-state index in [1.165, 1.54) is 12.0 Å². The Hall–Kier alpha value is -2.88. The summed E-state index contributed by atoms with van der Waals surface area (Å²) in [5.74, 6) is 1.39. The normalized spacial score (nSPS) is 15.1. The van der Waals surface area contributed by atoms with Crippen molar-refractivity contribution in [3.05, 3.63) is 78.3 Å². The van der Waals surface area contributed by atoms with Crippen LogP contribution in [-0.2, 0) is 16.6 Å². The van der Waals surface area contributed by atoms with Gasteiger partial charge in [-0.3, -0.25) is 4.79 Å². The minimum Gasteiger partial charge on any atom is -0.441 e. The molecule has 0 saturated heterocycles. The third-order valence-electron chi connectivity index (χ3n) is 5.50. The topological polar surface area (TPSA) is 55.1 Å². The summed E-state index contributed by atoms with van der Waals surface area (Å²) in [6.45, 7) is 0.705. The SMILES string of the molecule is O=C(CCc1ncc(-c2ccccc2)o1)NCC1(c2ccccc2)CCC1. The molecule has 27 heavy (non-hydrogen) atoms. The minimum atomic E-state index is 0.0525. The predicted molar refractivity (Wildman–Crippen MR) is 105 cm³/mol. The molecule has 2 aromatic carbocycles. The quantitative estimate of drug-likeness (QED) is 0.674. The number of hydrogen-bond donors (Lipinski definition) is 1. The minimum absolute atomic E-state index is 0.0525. The molecule has 138 valence electrons. The number of benzene rings is 2. The van der Waals surface area contributed by atoms with Crippen molar-refractivity contribution in [3.8, 4) is 11.3 Å². The van der Waals surface area contributed by atoms with Crippen LogP contribution in [0.1, 0.15) is 37.1 Å². The highest BCUT2D eigenvalue weighted by Crippen LogP contribution is 2.43. The van der Waals surface area contributed by atoms with Gasteiger partial charge in [0.2, 0.25) is 5.91 Å². The zero-order valence-electron chi connectivity index (χ0n) is 15.4. The highest BCUT2D eigenvalue weighted by Gasteiger charge is 2.38. The van der Waals surface area contributed by atoms with E-state index in [1.807, 2.05) is 36.4 Å². The van der Waals surface area contributed by atoms with E-state index >= 15 is 0 Å². The van der Waals surface area contributed by atoms with Crippen molar-refractivity contribution in [3.63, 3.8) is 0 Å². The molecule has 0 radical (unpaired) electrons. The molecule has 0 unspecified atom stereocenters. The Morgan fingerprint density at radius 2 is 1.74 bits per heavy atom. The van der Waals surface area contributed by atoms with Crippen molar-refractivity contribution in [1.29, 1.82) is 0 Å². The number of amides is 1. The largest absolute Gasteiger partial charge is 0.441 e. The Bertz CT molecular complexity index is 883. The molecule has 3 aromatic rings. The summed E-state index contributed by atoms with van der Waals surface area (Å²) in [6, 6.07) is 20.4. The third kappa shape index (κ3) is 3.95. The van der Waals surface area contributed by atoms with Crippen LogP contribution in [0.25, 0.3) is 11.3 Å². The van der Waals surface area contributed by atoms with Gasteiger partial charge in [0, 0.05) is 30.4 Å². The summed E-state index contributed by atoms with van der Waals surface area (Å²) in [6.07, 6.45) is 6.12. The van der Waals surface area contributed by atoms with Gasteiger partial charge >= 0.3 is 0 Å². The standard InChI is InChI=1S/C23H24N2O2/c26-21(25-17-23(14-7-15-23)19-10-5-2-6-11-19)12-13-22-24-16-20(27-22)18-8-3-1-4-9-18/h1-6,8-11,16H,7,12-15,17H2,(H,25,26). The van der Waals surface area contributed by atoms with Crippen molar-refractivity contribution < 1.29 is 9.21 Å². The number of nitrogens with zero attached hydrogens (tertiary/aromatic N) is 1. The van der Waals surface area contributed by atoms with Crippen LogP contribution in [-0.4, -0.2) is 17.4 Å². The number of rotatable bonds is 7. The van der Waals surface area contributed by atoms with Crippen molar-refractivity contribution in [2.45, 2.75) is 37.5 Å². The number of hydrogen-bond acceptors (Lipinski definition) is 3. The van der Waals surface area contributed by atoms with Crippen LogP contribution in [0.15, 0.2) is 71.3 Å². The molecule has 1 amide bonds.